The van der Waals surface area contributed by atoms with Crippen LogP contribution in [0.1, 0.15) is 31.9 Å². The molecule has 1 aromatic heterocycles. The van der Waals surface area contributed by atoms with Crippen LogP contribution in [0.3, 0.4) is 0 Å². The van der Waals surface area contributed by atoms with Crippen molar-refractivity contribution >= 4 is 11.0 Å². The second-order valence-corrected chi connectivity index (χ2v) is 3.78. The number of rotatable bonds is 2. The summed E-state index contributed by atoms with van der Waals surface area (Å²) in [6.45, 7) is 6.39. The van der Waals surface area contributed by atoms with Crippen molar-refractivity contribution in [3.63, 3.8) is 0 Å². The first-order valence-corrected chi connectivity index (χ1v) is 5.04. The standard InChI is InChI=1S/C11H15N3/c1-4-9(3)14-11-6-5-8(2)7-10(11)12-13-14/h5-7,9H,4H2,1-3H3. The molecule has 0 aliphatic rings. The summed E-state index contributed by atoms with van der Waals surface area (Å²) in [5.41, 5.74) is 3.35. The van der Waals surface area contributed by atoms with E-state index in [0.29, 0.717) is 6.04 Å². The van der Waals surface area contributed by atoms with Gasteiger partial charge >= 0.3 is 0 Å². The Hall–Kier alpha value is -1.38. The molecule has 1 aromatic carbocycles. The average molecular weight is 189 g/mol. The molecule has 0 spiro atoms. The number of benzene rings is 1. The molecule has 3 nitrogen and oxygen atoms in total. The van der Waals surface area contributed by atoms with Crippen molar-refractivity contribution in [2.45, 2.75) is 33.2 Å². The quantitative estimate of drug-likeness (QED) is 0.727. The molecule has 3 heteroatoms. The molecule has 2 aromatic rings. The molecule has 1 heterocycles. The lowest BCUT2D eigenvalue weighted by molar-refractivity contribution is 0.478. The largest absolute Gasteiger partial charge is 0.242 e. The maximum atomic E-state index is 4.17. The summed E-state index contributed by atoms with van der Waals surface area (Å²) in [7, 11) is 0. The van der Waals surface area contributed by atoms with Crippen LogP contribution in [-0.2, 0) is 0 Å². The summed E-state index contributed by atoms with van der Waals surface area (Å²) >= 11 is 0. The van der Waals surface area contributed by atoms with Crippen molar-refractivity contribution in [2.75, 3.05) is 0 Å². The van der Waals surface area contributed by atoms with Crippen molar-refractivity contribution in [1.82, 2.24) is 15.0 Å². The van der Waals surface area contributed by atoms with Gasteiger partial charge in [0.05, 0.1) is 11.6 Å². The van der Waals surface area contributed by atoms with Crippen LogP contribution in [0.25, 0.3) is 11.0 Å². The molecule has 1 atom stereocenters. The van der Waals surface area contributed by atoms with Crippen LogP contribution in [-0.4, -0.2) is 15.0 Å². The highest BCUT2D eigenvalue weighted by molar-refractivity contribution is 5.75. The molecule has 0 aliphatic heterocycles. The zero-order valence-corrected chi connectivity index (χ0v) is 8.86. The molecule has 2 rings (SSSR count). The zero-order valence-electron chi connectivity index (χ0n) is 8.86. The first-order chi connectivity index (χ1) is 6.72. The van der Waals surface area contributed by atoms with Gasteiger partial charge in [-0.3, -0.25) is 0 Å². The lowest BCUT2D eigenvalue weighted by Crippen LogP contribution is -2.05. The number of nitrogens with zero attached hydrogens (tertiary/aromatic N) is 3. The third-order valence-corrected chi connectivity index (χ3v) is 2.63. The lowest BCUT2D eigenvalue weighted by atomic mass is 10.2. The van der Waals surface area contributed by atoms with Gasteiger partial charge in [0.2, 0.25) is 0 Å². The van der Waals surface area contributed by atoms with Gasteiger partial charge in [-0.15, -0.1) is 5.10 Å². The minimum Gasteiger partial charge on any atom is -0.242 e. The molecule has 0 aliphatic carbocycles. The Morgan fingerprint density at radius 3 is 2.93 bits per heavy atom. The minimum absolute atomic E-state index is 0.419. The van der Waals surface area contributed by atoms with Crippen molar-refractivity contribution in [3.05, 3.63) is 23.8 Å². The third-order valence-electron chi connectivity index (χ3n) is 2.63. The van der Waals surface area contributed by atoms with Gasteiger partial charge in [-0.2, -0.15) is 0 Å². The van der Waals surface area contributed by atoms with E-state index in [4.69, 9.17) is 0 Å². The average Bonchev–Trinajstić information content (AvgIpc) is 2.59. The number of hydrogen-bond donors (Lipinski definition) is 0. The van der Waals surface area contributed by atoms with Gasteiger partial charge in [-0.05, 0) is 38.0 Å². The van der Waals surface area contributed by atoms with E-state index in [-0.39, 0.29) is 0 Å². The molecule has 0 fully saturated rings. The molecule has 0 N–H and O–H groups in total. The minimum atomic E-state index is 0.419. The smallest absolute Gasteiger partial charge is 0.113 e. The van der Waals surface area contributed by atoms with E-state index in [9.17, 15) is 0 Å². The van der Waals surface area contributed by atoms with E-state index in [1.165, 1.54) is 5.56 Å². The molecule has 0 saturated carbocycles. The van der Waals surface area contributed by atoms with E-state index in [1.807, 2.05) is 4.68 Å². The molecule has 14 heavy (non-hydrogen) atoms. The SMILES string of the molecule is CCC(C)n1nnc2cc(C)ccc21. The van der Waals surface area contributed by atoms with Crippen LogP contribution in [0.15, 0.2) is 18.2 Å². The predicted octanol–water partition coefficient (Wildman–Crippen LogP) is 2.71. The first kappa shape index (κ1) is 9.19. The highest BCUT2D eigenvalue weighted by Gasteiger charge is 2.08. The fourth-order valence-corrected chi connectivity index (χ4v) is 1.55. The second-order valence-electron chi connectivity index (χ2n) is 3.78. The first-order valence-electron chi connectivity index (χ1n) is 5.04. The molecule has 0 radical (unpaired) electrons. The molecule has 0 saturated heterocycles. The van der Waals surface area contributed by atoms with Crippen LogP contribution in [0.5, 0.6) is 0 Å². The fourth-order valence-electron chi connectivity index (χ4n) is 1.55. The van der Waals surface area contributed by atoms with Gasteiger partial charge in [0, 0.05) is 0 Å². The summed E-state index contributed by atoms with van der Waals surface area (Å²) in [5, 5.41) is 8.34. The number of aryl methyl sites for hydroxylation is 1. The summed E-state index contributed by atoms with van der Waals surface area (Å²) in [5.74, 6) is 0. The topological polar surface area (TPSA) is 30.7 Å². The molecule has 1 unspecified atom stereocenters. The van der Waals surface area contributed by atoms with Gasteiger partial charge in [-0.1, -0.05) is 18.2 Å². The molecular weight excluding hydrogens is 174 g/mol. The van der Waals surface area contributed by atoms with E-state index in [1.54, 1.807) is 0 Å². The van der Waals surface area contributed by atoms with Crippen molar-refractivity contribution in [2.24, 2.45) is 0 Å². The van der Waals surface area contributed by atoms with Gasteiger partial charge in [0.1, 0.15) is 5.52 Å². The van der Waals surface area contributed by atoms with Crippen LogP contribution < -0.4 is 0 Å². The Labute approximate surface area is 83.7 Å². The van der Waals surface area contributed by atoms with Crippen molar-refractivity contribution < 1.29 is 0 Å². The molecule has 74 valence electrons. The van der Waals surface area contributed by atoms with E-state index in [2.05, 4.69) is 49.3 Å². The van der Waals surface area contributed by atoms with Crippen molar-refractivity contribution in [1.29, 1.82) is 0 Å². The predicted molar refractivity (Wildman–Crippen MR) is 57.3 cm³/mol. The summed E-state index contributed by atoms with van der Waals surface area (Å²) in [6.07, 6.45) is 1.08. The molecule has 0 bridgehead atoms. The lowest BCUT2D eigenvalue weighted by Gasteiger charge is -2.08. The Kier molecular flexibility index (Phi) is 2.23. The van der Waals surface area contributed by atoms with Crippen LogP contribution in [0.2, 0.25) is 0 Å². The van der Waals surface area contributed by atoms with Gasteiger partial charge in [0.15, 0.2) is 0 Å². The zero-order chi connectivity index (χ0) is 10.1. The normalized spacial score (nSPS) is 13.4. The number of aromatic nitrogens is 3. The Morgan fingerprint density at radius 1 is 1.43 bits per heavy atom. The monoisotopic (exact) mass is 189 g/mol. The van der Waals surface area contributed by atoms with Crippen LogP contribution in [0, 0.1) is 6.92 Å². The van der Waals surface area contributed by atoms with E-state index >= 15 is 0 Å². The van der Waals surface area contributed by atoms with E-state index < -0.39 is 0 Å². The van der Waals surface area contributed by atoms with Crippen molar-refractivity contribution in [3.8, 4) is 0 Å². The highest BCUT2D eigenvalue weighted by atomic mass is 15.4. The van der Waals surface area contributed by atoms with E-state index in [0.717, 1.165) is 17.5 Å². The summed E-state index contributed by atoms with van der Waals surface area (Å²) in [6, 6.07) is 6.69. The van der Waals surface area contributed by atoms with Crippen LogP contribution >= 0.6 is 0 Å². The second kappa shape index (κ2) is 3.40. The highest BCUT2D eigenvalue weighted by Crippen LogP contribution is 2.18. The Bertz CT molecular complexity index is 445. The van der Waals surface area contributed by atoms with Gasteiger partial charge < -0.3 is 0 Å². The number of fused-ring (bicyclic) bond motifs is 1. The Morgan fingerprint density at radius 2 is 2.21 bits per heavy atom. The third kappa shape index (κ3) is 1.39. The van der Waals surface area contributed by atoms with Crippen LogP contribution in [0.4, 0.5) is 0 Å². The summed E-state index contributed by atoms with van der Waals surface area (Å²) < 4.78 is 1.99. The Balaban J connectivity index is 2.58. The maximum Gasteiger partial charge on any atom is 0.113 e. The fraction of sp³-hybridized carbons (Fsp3) is 0.455. The van der Waals surface area contributed by atoms with Gasteiger partial charge in [0.25, 0.3) is 0 Å². The van der Waals surface area contributed by atoms with Gasteiger partial charge in [-0.25, -0.2) is 4.68 Å². The molecular formula is C11H15N3. The number of hydrogen-bond acceptors (Lipinski definition) is 2. The summed E-state index contributed by atoms with van der Waals surface area (Å²) in [4.78, 5) is 0. The maximum absolute atomic E-state index is 4.17. The molecule has 0 amide bonds.